The number of benzene rings is 1. The molecule has 2 fully saturated rings. The quantitative estimate of drug-likeness (QED) is 0.689. The third-order valence-corrected chi connectivity index (χ3v) is 5.13. The van der Waals surface area contributed by atoms with Crippen molar-refractivity contribution in [3.8, 4) is 0 Å². The molecular weight excluding hydrogens is 308 g/mol. The topological polar surface area (TPSA) is 90.1 Å². The maximum atomic E-state index is 12.3. The molecule has 0 aliphatic heterocycles. The van der Waals surface area contributed by atoms with Crippen LogP contribution < -0.4 is 5.32 Å². The lowest BCUT2D eigenvalue weighted by atomic mass is 9.95. The van der Waals surface area contributed by atoms with E-state index in [0.717, 1.165) is 23.9 Å². The molecule has 1 aromatic heterocycles. The molecular formula is C17H20N4O3. The summed E-state index contributed by atoms with van der Waals surface area (Å²) in [5.74, 6) is -0.286. The fraction of sp³-hybridized carbons (Fsp3) is 0.529. The average molecular weight is 328 g/mol. The van der Waals surface area contributed by atoms with E-state index in [1.807, 2.05) is 24.3 Å². The first kappa shape index (κ1) is 15.1. The maximum Gasteiger partial charge on any atom is 0.237 e. The molecule has 2 aromatic rings. The number of anilines is 1. The highest BCUT2D eigenvalue weighted by atomic mass is 16.6. The Labute approximate surface area is 139 Å². The molecule has 0 radical (unpaired) electrons. The summed E-state index contributed by atoms with van der Waals surface area (Å²) in [5, 5.41) is 13.6. The zero-order chi connectivity index (χ0) is 16.7. The van der Waals surface area contributed by atoms with Crippen LogP contribution in [0.15, 0.2) is 24.3 Å². The van der Waals surface area contributed by atoms with E-state index in [2.05, 4.69) is 14.9 Å². The van der Waals surface area contributed by atoms with Gasteiger partial charge in [0.25, 0.3) is 0 Å². The number of nitrogens with one attached hydrogen (secondary N) is 1. The molecule has 0 bridgehead atoms. The van der Waals surface area contributed by atoms with E-state index in [1.165, 1.54) is 19.3 Å². The summed E-state index contributed by atoms with van der Waals surface area (Å²) in [6.07, 6.45) is 6.07. The monoisotopic (exact) mass is 328 g/mol. The molecule has 4 rings (SSSR count). The first-order valence-corrected chi connectivity index (χ1v) is 8.56. The van der Waals surface area contributed by atoms with Crippen molar-refractivity contribution in [2.24, 2.45) is 5.92 Å². The SMILES string of the molecule is O=C(Nc1nc2ccccc2n1C1CCCCC1)C1CC1[N+](=O)[O-]. The van der Waals surface area contributed by atoms with Gasteiger partial charge in [-0.25, -0.2) is 4.98 Å². The van der Waals surface area contributed by atoms with Gasteiger partial charge in [-0.05, 0) is 25.0 Å². The van der Waals surface area contributed by atoms with Gasteiger partial charge < -0.3 is 4.57 Å². The molecule has 1 N–H and O–H groups in total. The number of amides is 1. The zero-order valence-electron chi connectivity index (χ0n) is 13.4. The number of carbonyl (C=O) groups excluding carboxylic acids is 1. The van der Waals surface area contributed by atoms with Gasteiger partial charge in [-0.1, -0.05) is 31.4 Å². The molecule has 1 heterocycles. The van der Waals surface area contributed by atoms with E-state index in [4.69, 9.17) is 0 Å². The van der Waals surface area contributed by atoms with Crippen LogP contribution in [0.3, 0.4) is 0 Å². The Balaban J connectivity index is 1.64. The van der Waals surface area contributed by atoms with Gasteiger partial charge in [0.1, 0.15) is 5.92 Å². The Morgan fingerprint density at radius 2 is 2.00 bits per heavy atom. The van der Waals surface area contributed by atoms with Gasteiger partial charge in [0.2, 0.25) is 17.9 Å². The number of aromatic nitrogens is 2. The van der Waals surface area contributed by atoms with E-state index in [9.17, 15) is 14.9 Å². The Kier molecular flexibility index (Phi) is 3.70. The van der Waals surface area contributed by atoms with E-state index >= 15 is 0 Å². The molecule has 2 aliphatic carbocycles. The Bertz CT molecular complexity index is 794. The zero-order valence-corrected chi connectivity index (χ0v) is 13.4. The second-order valence-corrected chi connectivity index (χ2v) is 6.77. The highest BCUT2D eigenvalue weighted by Gasteiger charge is 2.53. The van der Waals surface area contributed by atoms with Crippen molar-refractivity contribution in [2.75, 3.05) is 5.32 Å². The fourth-order valence-corrected chi connectivity index (χ4v) is 3.74. The average Bonchev–Trinajstić information content (AvgIpc) is 3.32. The van der Waals surface area contributed by atoms with Crippen LogP contribution in [0.25, 0.3) is 11.0 Å². The second kappa shape index (κ2) is 5.89. The number of fused-ring (bicyclic) bond motifs is 1. The van der Waals surface area contributed by atoms with E-state index < -0.39 is 12.0 Å². The number of carbonyl (C=O) groups is 1. The first-order valence-electron chi connectivity index (χ1n) is 8.56. The van der Waals surface area contributed by atoms with Gasteiger partial charge in [-0.15, -0.1) is 0 Å². The fourth-order valence-electron chi connectivity index (χ4n) is 3.74. The van der Waals surface area contributed by atoms with Gasteiger partial charge in [0, 0.05) is 17.4 Å². The number of hydrogen-bond donors (Lipinski definition) is 1. The lowest BCUT2D eigenvalue weighted by Crippen LogP contribution is -2.23. The largest absolute Gasteiger partial charge is 0.307 e. The molecule has 2 aliphatic rings. The van der Waals surface area contributed by atoms with Gasteiger partial charge in [-0.2, -0.15) is 0 Å². The van der Waals surface area contributed by atoms with E-state index in [-0.39, 0.29) is 10.8 Å². The number of para-hydroxylation sites is 2. The predicted molar refractivity (Wildman–Crippen MR) is 89.4 cm³/mol. The van der Waals surface area contributed by atoms with Crippen LogP contribution in [-0.2, 0) is 4.79 Å². The van der Waals surface area contributed by atoms with E-state index in [1.54, 1.807) is 0 Å². The van der Waals surface area contributed by atoms with Crippen LogP contribution in [-0.4, -0.2) is 26.4 Å². The Hall–Kier alpha value is -2.44. The smallest absolute Gasteiger partial charge is 0.237 e. The molecule has 2 unspecified atom stereocenters. The molecule has 7 nitrogen and oxygen atoms in total. The number of rotatable bonds is 4. The van der Waals surface area contributed by atoms with Gasteiger partial charge in [0.15, 0.2) is 0 Å². The Morgan fingerprint density at radius 3 is 2.71 bits per heavy atom. The van der Waals surface area contributed by atoms with Crippen molar-refractivity contribution < 1.29 is 9.72 Å². The van der Waals surface area contributed by atoms with E-state index in [0.29, 0.717) is 18.4 Å². The van der Waals surface area contributed by atoms with Crippen LogP contribution in [0.1, 0.15) is 44.6 Å². The van der Waals surface area contributed by atoms with Crippen LogP contribution in [0.4, 0.5) is 5.95 Å². The van der Waals surface area contributed by atoms with Gasteiger partial charge >= 0.3 is 0 Å². The molecule has 1 aromatic carbocycles. The van der Waals surface area contributed by atoms with Crippen molar-refractivity contribution >= 4 is 22.9 Å². The predicted octanol–water partition coefficient (Wildman–Crippen LogP) is 3.15. The summed E-state index contributed by atoms with van der Waals surface area (Å²) in [5.41, 5.74) is 1.86. The molecule has 0 saturated heterocycles. The highest BCUT2D eigenvalue weighted by molar-refractivity contribution is 5.95. The van der Waals surface area contributed by atoms with Crippen molar-refractivity contribution in [1.29, 1.82) is 0 Å². The number of hydrogen-bond acceptors (Lipinski definition) is 4. The third kappa shape index (κ3) is 2.64. The molecule has 2 atom stereocenters. The molecule has 2 saturated carbocycles. The van der Waals surface area contributed by atoms with Crippen LogP contribution >= 0.6 is 0 Å². The summed E-state index contributed by atoms with van der Waals surface area (Å²) >= 11 is 0. The Morgan fingerprint density at radius 1 is 1.25 bits per heavy atom. The van der Waals surface area contributed by atoms with Crippen molar-refractivity contribution in [2.45, 2.75) is 50.6 Å². The minimum atomic E-state index is -0.738. The molecule has 7 heteroatoms. The first-order chi connectivity index (χ1) is 11.6. The minimum absolute atomic E-state index is 0.288. The summed E-state index contributed by atoms with van der Waals surface area (Å²) < 4.78 is 2.12. The lowest BCUT2D eigenvalue weighted by molar-refractivity contribution is -0.497. The van der Waals surface area contributed by atoms with Crippen LogP contribution in [0.2, 0.25) is 0 Å². The summed E-state index contributed by atoms with van der Waals surface area (Å²) in [6, 6.07) is 7.43. The summed E-state index contributed by atoms with van der Waals surface area (Å²) in [4.78, 5) is 27.3. The maximum absolute atomic E-state index is 12.3. The molecule has 126 valence electrons. The summed E-state index contributed by atoms with van der Waals surface area (Å²) in [7, 11) is 0. The minimum Gasteiger partial charge on any atom is -0.307 e. The van der Waals surface area contributed by atoms with Crippen molar-refractivity contribution in [1.82, 2.24) is 9.55 Å². The standard InChI is InChI=1S/C17H20N4O3/c22-16(12-10-15(12)21(23)24)19-17-18-13-8-4-5-9-14(13)20(17)11-6-2-1-3-7-11/h4-5,8-9,11-12,15H,1-3,6-7,10H2,(H,18,19,22). The third-order valence-electron chi connectivity index (χ3n) is 5.13. The molecule has 1 amide bonds. The van der Waals surface area contributed by atoms with Crippen LogP contribution in [0.5, 0.6) is 0 Å². The van der Waals surface area contributed by atoms with Crippen molar-refractivity contribution in [3.05, 3.63) is 34.4 Å². The molecule has 0 spiro atoms. The second-order valence-electron chi connectivity index (χ2n) is 6.77. The normalized spacial score (nSPS) is 24.0. The van der Waals surface area contributed by atoms with Crippen molar-refractivity contribution in [3.63, 3.8) is 0 Å². The highest BCUT2D eigenvalue weighted by Crippen LogP contribution is 2.37. The van der Waals surface area contributed by atoms with Gasteiger partial charge in [-0.3, -0.25) is 20.2 Å². The molecule has 24 heavy (non-hydrogen) atoms. The van der Waals surface area contributed by atoms with Gasteiger partial charge in [0.05, 0.1) is 11.0 Å². The number of imidazole rings is 1. The van der Waals surface area contributed by atoms with Crippen LogP contribution in [0, 0.1) is 16.0 Å². The summed E-state index contributed by atoms with van der Waals surface area (Å²) in [6.45, 7) is 0. The number of nitro groups is 1. The number of nitrogens with zero attached hydrogens (tertiary/aromatic N) is 3. The lowest BCUT2D eigenvalue weighted by Gasteiger charge is -2.25.